The van der Waals surface area contributed by atoms with E-state index in [0.29, 0.717) is 0 Å². The normalized spacial score (nSPS) is 25.6. The molecule has 0 radical (unpaired) electrons. The largest absolute Gasteiger partial charge is 0.504 e. The molecule has 0 amide bonds. The van der Waals surface area contributed by atoms with Crippen molar-refractivity contribution in [2.45, 2.75) is 54.9 Å². The molecule has 1 aliphatic rings. The Morgan fingerprint density at radius 1 is 1.05 bits per heavy atom. The van der Waals surface area contributed by atoms with Gasteiger partial charge in [0.05, 0.1) is 12.5 Å². The molecule has 0 saturated heterocycles. The number of hydrogen-bond acceptors (Lipinski definition) is 13. The maximum atomic E-state index is 12.7. The van der Waals surface area contributed by atoms with Crippen LogP contribution in [-0.2, 0) is 33.4 Å². The Morgan fingerprint density at radius 3 is 2.21 bits per heavy atom. The molecule has 6 atom stereocenters. The number of aliphatic carboxylic acids is 3. The number of aromatic hydroxyl groups is 2. The molecule has 9 N–H and O–H groups in total. The molecule has 0 heterocycles. The molecular formula is C22H24O16. The van der Waals surface area contributed by atoms with E-state index in [1.54, 1.807) is 0 Å². The first-order valence-electron chi connectivity index (χ1n) is 10.6. The lowest BCUT2D eigenvalue weighted by molar-refractivity contribution is -0.217. The highest BCUT2D eigenvalue weighted by molar-refractivity contribution is 5.93. The fraction of sp³-hybridized carbons (Fsp3) is 0.409. The molecule has 1 aromatic carbocycles. The first kappa shape index (κ1) is 30.0. The van der Waals surface area contributed by atoms with E-state index in [2.05, 4.69) is 4.74 Å². The fourth-order valence-electron chi connectivity index (χ4n) is 3.61. The first-order chi connectivity index (χ1) is 17.5. The van der Waals surface area contributed by atoms with Crippen molar-refractivity contribution in [3.63, 3.8) is 0 Å². The summed E-state index contributed by atoms with van der Waals surface area (Å²) in [5.41, 5.74) is -6.31. The van der Waals surface area contributed by atoms with Gasteiger partial charge in [-0.15, -0.1) is 0 Å². The molecular weight excluding hydrogens is 520 g/mol. The molecule has 0 aliphatic heterocycles. The van der Waals surface area contributed by atoms with Gasteiger partial charge in [0.1, 0.15) is 12.2 Å². The smallest absolute Gasteiger partial charge is 0.348 e. The lowest BCUT2D eigenvalue weighted by Crippen LogP contribution is -2.61. The topological polar surface area (TPSA) is 286 Å². The first-order valence-corrected chi connectivity index (χ1v) is 10.6. The van der Waals surface area contributed by atoms with Crippen molar-refractivity contribution in [3.8, 4) is 11.5 Å². The van der Waals surface area contributed by atoms with Crippen LogP contribution in [0.5, 0.6) is 11.5 Å². The minimum Gasteiger partial charge on any atom is -0.504 e. The Hall–Kier alpha value is -4.25. The summed E-state index contributed by atoms with van der Waals surface area (Å²) in [6.07, 6.45) is -10.4. The van der Waals surface area contributed by atoms with E-state index in [-0.39, 0.29) is 5.56 Å². The van der Waals surface area contributed by atoms with Crippen LogP contribution in [0.1, 0.15) is 24.8 Å². The van der Waals surface area contributed by atoms with Crippen LogP contribution in [0.25, 0.3) is 6.08 Å². The van der Waals surface area contributed by atoms with Crippen LogP contribution < -0.4 is 0 Å². The summed E-state index contributed by atoms with van der Waals surface area (Å²) >= 11 is 0. The van der Waals surface area contributed by atoms with E-state index < -0.39 is 96.2 Å². The number of aliphatic hydroxyl groups excluding tert-OH is 2. The van der Waals surface area contributed by atoms with E-state index >= 15 is 0 Å². The number of aliphatic hydroxyl groups is 4. The SMILES string of the molecule is O=C(O)CC(O)(C(=O)O)C(OC(=O)[C@]1(O)C[C@@H](O)[C@@H](O)[C@H](OC(=O)/C=C/c2ccc(O)c(O)c2)C1)C(=O)O. The van der Waals surface area contributed by atoms with Gasteiger partial charge in [0.2, 0.25) is 11.7 Å². The molecule has 0 bridgehead atoms. The number of carboxylic acids is 3. The Balaban J connectivity index is 2.23. The quantitative estimate of drug-likeness (QED) is 0.0839. The Labute approximate surface area is 212 Å². The third-order valence-electron chi connectivity index (χ3n) is 5.59. The summed E-state index contributed by atoms with van der Waals surface area (Å²) in [5.74, 6) is -10.6. The van der Waals surface area contributed by atoms with E-state index in [1.807, 2.05) is 0 Å². The van der Waals surface area contributed by atoms with Crippen molar-refractivity contribution in [2.24, 2.45) is 0 Å². The zero-order valence-corrected chi connectivity index (χ0v) is 19.2. The van der Waals surface area contributed by atoms with Crippen LogP contribution in [-0.4, -0.2) is 111 Å². The van der Waals surface area contributed by atoms with Crippen molar-refractivity contribution in [3.05, 3.63) is 29.8 Å². The molecule has 16 heteroatoms. The average Bonchev–Trinajstić information content (AvgIpc) is 2.80. The minimum atomic E-state index is -3.66. The number of carbonyl (C=O) groups is 5. The molecule has 1 aromatic rings. The maximum absolute atomic E-state index is 12.7. The Kier molecular flexibility index (Phi) is 9.01. The van der Waals surface area contributed by atoms with Crippen molar-refractivity contribution < 1.29 is 79.4 Å². The summed E-state index contributed by atoms with van der Waals surface area (Å²) in [6.45, 7) is 0. The van der Waals surface area contributed by atoms with Crippen molar-refractivity contribution in [2.75, 3.05) is 0 Å². The Morgan fingerprint density at radius 2 is 1.68 bits per heavy atom. The zero-order chi connectivity index (χ0) is 29.0. The number of benzene rings is 1. The molecule has 1 saturated carbocycles. The highest BCUT2D eigenvalue weighted by atomic mass is 16.6. The number of phenols is 2. The second-order valence-electron chi connectivity index (χ2n) is 8.48. The number of esters is 2. The highest BCUT2D eigenvalue weighted by Gasteiger charge is 2.57. The van der Waals surface area contributed by atoms with Gasteiger partial charge in [-0.3, -0.25) is 4.79 Å². The molecule has 2 rings (SSSR count). The zero-order valence-electron chi connectivity index (χ0n) is 19.2. The highest BCUT2D eigenvalue weighted by Crippen LogP contribution is 2.34. The van der Waals surface area contributed by atoms with Gasteiger partial charge in [-0.1, -0.05) is 6.07 Å². The van der Waals surface area contributed by atoms with Gasteiger partial charge >= 0.3 is 29.8 Å². The summed E-state index contributed by atoms with van der Waals surface area (Å²) in [5, 5.41) is 87.2. The van der Waals surface area contributed by atoms with Crippen molar-refractivity contribution >= 4 is 35.9 Å². The second kappa shape index (κ2) is 11.4. The number of carboxylic acid groups (broad SMARTS) is 3. The van der Waals surface area contributed by atoms with E-state index in [9.17, 15) is 64.8 Å². The average molecular weight is 544 g/mol. The molecule has 0 spiro atoms. The maximum Gasteiger partial charge on any atom is 0.348 e. The van der Waals surface area contributed by atoms with Crippen molar-refractivity contribution in [1.82, 2.24) is 0 Å². The molecule has 208 valence electrons. The summed E-state index contributed by atoms with van der Waals surface area (Å²) in [6, 6.07) is 3.53. The van der Waals surface area contributed by atoms with Gasteiger partial charge in [0.15, 0.2) is 17.1 Å². The lowest BCUT2D eigenvalue weighted by Gasteiger charge is -2.40. The predicted molar refractivity (Wildman–Crippen MR) is 117 cm³/mol. The molecule has 16 nitrogen and oxygen atoms in total. The summed E-state index contributed by atoms with van der Waals surface area (Å²) < 4.78 is 9.42. The van der Waals surface area contributed by atoms with Crippen LogP contribution in [0.4, 0.5) is 0 Å². The van der Waals surface area contributed by atoms with Crippen LogP contribution >= 0.6 is 0 Å². The molecule has 0 aromatic heterocycles. The number of rotatable bonds is 10. The van der Waals surface area contributed by atoms with E-state index in [4.69, 9.17) is 9.84 Å². The van der Waals surface area contributed by atoms with Gasteiger partial charge in [-0.2, -0.15) is 0 Å². The molecule has 1 aliphatic carbocycles. The summed E-state index contributed by atoms with van der Waals surface area (Å²) in [4.78, 5) is 58.8. The van der Waals surface area contributed by atoms with Crippen LogP contribution in [0.2, 0.25) is 0 Å². The van der Waals surface area contributed by atoms with E-state index in [0.717, 1.165) is 24.3 Å². The molecule has 38 heavy (non-hydrogen) atoms. The number of phenolic OH excluding ortho intramolecular Hbond substituents is 2. The third-order valence-corrected chi connectivity index (χ3v) is 5.59. The van der Waals surface area contributed by atoms with Crippen molar-refractivity contribution in [1.29, 1.82) is 0 Å². The predicted octanol–water partition coefficient (Wildman–Crippen LogP) is -2.44. The van der Waals surface area contributed by atoms with Gasteiger partial charge < -0.3 is 55.4 Å². The number of hydrogen-bond donors (Lipinski definition) is 9. The van der Waals surface area contributed by atoms with Gasteiger partial charge in [-0.05, 0) is 23.8 Å². The standard InChI is InChI=1S/C22H24O16/c23-10-3-1-9(5-11(10)24)2-4-15(28)37-13-7-21(35,6-12(25)16(13)29)20(34)38-17(18(30)31)22(36,19(32)33)8-14(26)27/h1-5,12-13,16-17,23-25,29,35-36H,6-8H2,(H,26,27)(H,30,31)(H,32,33)/b4-2+/t12-,13-,16-,17?,21+,22?/m1/s1. The van der Waals surface area contributed by atoms with Gasteiger partial charge in [0.25, 0.3) is 0 Å². The van der Waals surface area contributed by atoms with Crippen LogP contribution in [0.15, 0.2) is 24.3 Å². The van der Waals surface area contributed by atoms with E-state index in [1.165, 1.54) is 6.07 Å². The molecule has 2 unspecified atom stereocenters. The Bertz CT molecular complexity index is 1140. The molecule has 1 fully saturated rings. The lowest BCUT2D eigenvalue weighted by atomic mass is 9.79. The summed E-state index contributed by atoms with van der Waals surface area (Å²) in [7, 11) is 0. The number of ether oxygens (including phenoxy) is 2. The number of carbonyl (C=O) groups excluding carboxylic acids is 2. The van der Waals surface area contributed by atoms with Crippen LogP contribution in [0.3, 0.4) is 0 Å². The minimum absolute atomic E-state index is 0.230. The third kappa shape index (κ3) is 6.74. The van der Waals surface area contributed by atoms with Gasteiger partial charge in [0, 0.05) is 18.9 Å². The monoisotopic (exact) mass is 544 g/mol. The van der Waals surface area contributed by atoms with Crippen LogP contribution in [0, 0.1) is 0 Å². The van der Waals surface area contributed by atoms with Gasteiger partial charge in [-0.25, -0.2) is 19.2 Å². The fourth-order valence-corrected chi connectivity index (χ4v) is 3.61. The second-order valence-corrected chi connectivity index (χ2v) is 8.48.